The predicted molar refractivity (Wildman–Crippen MR) is 78.3 cm³/mol. The quantitative estimate of drug-likeness (QED) is 0.848. The minimum atomic E-state index is -3.33. The van der Waals surface area contributed by atoms with Gasteiger partial charge in [0.2, 0.25) is 15.9 Å². The Morgan fingerprint density at radius 1 is 1.24 bits per heavy atom. The van der Waals surface area contributed by atoms with Gasteiger partial charge in [-0.1, -0.05) is 0 Å². The number of anilines is 1. The number of carbonyl (C=O) groups is 1. The van der Waals surface area contributed by atoms with Gasteiger partial charge in [-0.2, -0.15) is 0 Å². The molecule has 1 heterocycles. The second-order valence-corrected chi connectivity index (χ2v) is 6.61. The van der Waals surface area contributed by atoms with Crippen molar-refractivity contribution in [1.29, 1.82) is 0 Å². The number of carbonyl (C=O) groups excluding carboxylic acids is 1. The molecule has 1 N–H and O–H groups in total. The van der Waals surface area contributed by atoms with Crippen molar-refractivity contribution < 1.29 is 22.7 Å². The van der Waals surface area contributed by atoms with Crippen LogP contribution in [0.4, 0.5) is 5.69 Å². The summed E-state index contributed by atoms with van der Waals surface area (Å²) in [6, 6.07) is 4.72. The molecule has 0 radical (unpaired) electrons. The molecule has 0 unspecified atom stereocenters. The minimum absolute atomic E-state index is 0.136. The molecule has 1 fully saturated rings. The smallest absolute Gasteiger partial charge is 0.228 e. The van der Waals surface area contributed by atoms with Crippen LogP contribution in [0.3, 0.4) is 0 Å². The zero-order valence-corrected chi connectivity index (χ0v) is 12.9. The van der Waals surface area contributed by atoms with Gasteiger partial charge < -0.3 is 14.4 Å². The molecule has 1 amide bonds. The van der Waals surface area contributed by atoms with E-state index in [1.54, 1.807) is 18.2 Å². The highest BCUT2D eigenvalue weighted by molar-refractivity contribution is 7.88. The number of hydrogen-bond acceptors (Lipinski definition) is 5. The van der Waals surface area contributed by atoms with E-state index < -0.39 is 16.1 Å². The van der Waals surface area contributed by atoms with Crippen LogP contribution in [-0.2, 0) is 14.8 Å². The largest absolute Gasteiger partial charge is 0.493 e. The number of benzene rings is 1. The highest BCUT2D eigenvalue weighted by atomic mass is 32.2. The molecule has 0 aliphatic carbocycles. The summed E-state index contributed by atoms with van der Waals surface area (Å²) < 4.78 is 35.3. The summed E-state index contributed by atoms with van der Waals surface area (Å²) >= 11 is 0. The zero-order valence-electron chi connectivity index (χ0n) is 12.1. The molecule has 1 aliphatic heterocycles. The second-order valence-electron chi connectivity index (χ2n) is 4.83. The van der Waals surface area contributed by atoms with Crippen LogP contribution in [0.2, 0.25) is 0 Å². The molecule has 0 bridgehead atoms. The highest BCUT2D eigenvalue weighted by Crippen LogP contribution is 2.33. The Hall–Kier alpha value is -1.80. The maximum Gasteiger partial charge on any atom is 0.228 e. The molecule has 0 aromatic heterocycles. The van der Waals surface area contributed by atoms with Crippen LogP contribution in [0.1, 0.15) is 6.42 Å². The lowest BCUT2D eigenvalue weighted by molar-refractivity contribution is -0.117. The Morgan fingerprint density at radius 3 is 2.48 bits per heavy atom. The number of nitrogens with one attached hydrogen (secondary N) is 1. The van der Waals surface area contributed by atoms with Crippen molar-refractivity contribution in [1.82, 2.24) is 4.72 Å². The van der Waals surface area contributed by atoms with Gasteiger partial charge in [-0.15, -0.1) is 0 Å². The molecule has 1 aromatic carbocycles. The first-order valence-corrected chi connectivity index (χ1v) is 8.23. The summed E-state index contributed by atoms with van der Waals surface area (Å²) in [4.78, 5) is 13.6. The van der Waals surface area contributed by atoms with Crippen molar-refractivity contribution in [2.75, 3.05) is 31.9 Å². The molecule has 21 heavy (non-hydrogen) atoms. The third kappa shape index (κ3) is 3.64. The Kier molecular flexibility index (Phi) is 4.38. The summed E-state index contributed by atoms with van der Waals surface area (Å²) in [7, 11) is -0.286. The molecule has 1 aliphatic rings. The Labute approximate surface area is 123 Å². The van der Waals surface area contributed by atoms with E-state index in [9.17, 15) is 13.2 Å². The van der Waals surface area contributed by atoms with Gasteiger partial charge in [-0.3, -0.25) is 4.79 Å². The van der Waals surface area contributed by atoms with Gasteiger partial charge in [0.25, 0.3) is 0 Å². The first kappa shape index (κ1) is 15.6. The van der Waals surface area contributed by atoms with E-state index in [1.807, 2.05) is 0 Å². The summed E-state index contributed by atoms with van der Waals surface area (Å²) in [6.07, 6.45) is 1.22. The molecule has 0 spiro atoms. The number of rotatable bonds is 5. The minimum Gasteiger partial charge on any atom is -0.493 e. The maximum absolute atomic E-state index is 12.0. The molecule has 7 nitrogen and oxygen atoms in total. The molecule has 2 rings (SSSR count). The molecule has 116 valence electrons. The number of hydrogen-bond donors (Lipinski definition) is 1. The highest BCUT2D eigenvalue weighted by Gasteiger charge is 2.32. The van der Waals surface area contributed by atoms with Crippen LogP contribution in [0.15, 0.2) is 18.2 Å². The Morgan fingerprint density at radius 2 is 1.90 bits per heavy atom. The van der Waals surface area contributed by atoms with E-state index in [1.165, 1.54) is 19.1 Å². The van der Waals surface area contributed by atoms with Gasteiger partial charge in [-0.05, 0) is 12.1 Å². The van der Waals surface area contributed by atoms with Gasteiger partial charge in [-0.25, -0.2) is 13.1 Å². The number of sulfonamides is 1. The predicted octanol–water partition coefficient (Wildman–Crippen LogP) is 0.358. The van der Waals surface area contributed by atoms with E-state index in [0.717, 1.165) is 6.26 Å². The number of amides is 1. The first-order chi connectivity index (χ1) is 9.84. The molecular formula is C13H18N2O5S. The van der Waals surface area contributed by atoms with E-state index in [0.29, 0.717) is 23.7 Å². The summed E-state index contributed by atoms with van der Waals surface area (Å²) in [5, 5.41) is 0. The molecule has 0 saturated carbocycles. The first-order valence-electron chi connectivity index (χ1n) is 6.33. The van der Waals surface area contributed by atoms with Crippen LogP contribution in [0, 0.1) is 0 Å². The fraction of sp³-hybridized carbons (Fsp3) is 0.462. The van der Waals surface area contributed by atoms with Gasteiger partial charge in [0.15, 0.2) is 11.5 Å². The average molecular weight is 314 g/mol. The SMILES string of the molecule is COc1ccc(N2C[C@H](NS(C)(=O)=O)CC2=O)cc1OC. The zero-order chi connectivity index (χ0) is 15.6. The number of methoxy groups -OCH3 is 2. The summed E-state index contributed by atoms with van der Waals surface area (Å²) in [5.74, 6) is 0.949. The van der Waals surface area contributed by atoms with Crippen LogP contribution >= 0.6 is 0 Å². The van der Waals surface area contributed by atoms with Gasteiger partial charge >= 0.3 is 0 Å². The van der Waals surface area contributed by atoms with E-state index in [4.69, 9.17) is 9.47 Å². The standard InChI is InChI=1S/C13H18N2O5S/c1-19-11-5-4-10(7-12(11)20-2)15-8-9(6-13(15)16)14-21(3,17)18/h4-5,7,9,14H,6,8H2,1-3H3/t9-/m1/s1. The topological polar surface area (TPSA) is 84.9 Å². The van der Waals surface area contributed by atoms with Crippen LogP contribution in [0.5, 0.6) is 11.5 Å². The van der Waals surface area contributed by atoms with Crippen LogP contribution in [-0.4, -0.2) is 47.4 Å². The molecule has 1 atom stereocenters. The third-order valence-electron chi connectivity index (χ3n) is 3.18. The fourth-order valence-electron chi connectivity index (χ4n) is 2.33. The Balaban J connectivity index is 2.21. The van der Waals surface area contributed by atoms with Gasteiger partial charge in [0.05, 0.1) is 20.5 Å². The normalized spacial score (nSPS) is 18.9. The maximum atomic E-state index is 12.0. The summed E-state index contributed by atoms with van der Waals surface area (Å²) in [6.45, 7) is 0.293. The van der Waals surface area contributed by atoms with Crippen molar-refractivity contribution in [3.8, 4) is 11.5 Å². The average Bonchev–Trinajstić information content (AvgIpc) is 2.76. The molecule has 1 saturated heterocycles. The summed E-state index contributed by atoms with van der Waals surface area (Å²) in [5.41, 5.74) is 0.649. The second kappa shape index (κ2) is 5.90. The lowest BCUT2D eigenvalue weighted by Gasteiger charge is -2.18. The lowest BCUT2D eigenvalue weighted by Crippen LogP contribution is -2.36. The van der Waals surface area contributed by atoms with E-state index >= 15 is 0 Å². The van der Waals surface area contributed by atoms with Crippen molar-refractivity contribution in [3.05, 3.63) is 18.2 Å². The fourth-order valence-corrected chi connectivity index (χ4v) is 3.09. The molecule has 1 aromatic rings. The van der Waals surface area contributed by atoms with Crippen molar-refractivity contribution in [3.63, 3.8) is 0 Å². The molecular weight excluding hydrogens is 296 g/mol. The van der Waals surface area contributed by atoms with Crippen LogP contribution < -0.4 is 19.1 Å². The monoisotopic (exact) mass is 314 g/mol. The van der Waals surface area contributed by atoms with E-state index in [-0.39, 0.29) is 12.3 Å². The van der Waals surface area contributed by atoms with Crippen LogP contribution in [0.25, 0.3) is 0 Å². The lowest BCUT2D eigenvalue weighted by atomic mass is 10.2. The Bertz CT molecular complexity index is 644. The van der Waals surface area contributed by atoms with Crippen molar-refractivity contribution in [2.24, 2.45) is 0 Å². The number of nitrogens with zero attached hydrogens (tertiary/aromatic N) is 1. The van der Waals surface area contributed by atoms with Gasteiger partial charge in [0.1, 0.15) is 0 Å². The van der Waals surface area contributed by atoms with Crippen molar-refractivity contribution >= 4 is 21.6 Å². The number of ether oxygens (including phenoxy) is 2. The van der Waals surface area contributed by atoms with Crippen molar-refractivity contribution in [2.45, 2.75) is 12.5 Å². The third-order valence-corrected chi connectivity index (χ3v) is 3.95. The van der Waals surface area contributed by atoms with E-state index in [2.05, 4.69) is 4.72 Å². The molecule has 8 heteroatoms. The van der Waals surface area contributed by atoms with Gasteiger partial charge in [0, 0.05) is 30.8 Å².